The Bertz CT molecular complexity index is 2550. The second kappa shape index (κ2) is 14.9. The van der Waals surface area contributed by atoms with E-state index in [1.165, 1.54) is 25.3 Å². The molecule has 60 heavy (non-hydrogen) atoms. The number of ether oxygens (including phenoxy) is 4. The van der Waals surface area contributed by atoms with E-state index in [1.54, 1.807) is 24.3 Å². The minimum absolute atomic E-state index is 0.0354. The molecule has 0 radical (unpaired) electrons. The van der Waals surface area contributed by atoms with Crippen LogP contribution >= 0.6 is 0 Å². The molecule has 2 saturated heterocycles. The van der Waals surface area contributed by atoms with Crippen molar-refractivity contribution in [3.63, 3.8) is 0 Å². The number of carboxylic acid groups (broad SMARTS) is 1. The number of amides is 1. The first-order valence-electron chi connectivity index (χ1n) is 19.4. The van der Waals surface area contributed by atoms with E-state index in [0.29, 0.717) is 24.4 Å². The molecule has 2 aromatic carbocycles. The Hall–Kier alpha value is -6.53. The number of aromatic amines is 1. The number of benzene rings is 2. The minimum atomic E-state index is -1.45. The average molecular weight is 822 g/mol. The van der Waals surface area contributed by atoms with Crippen LogP contribution in [0.4, 0.5) is 11.6 Å². The van der Waals surface area contributed by atoms with E-state index in [1.807, 2.05) is 19.9 Å². The molecule has 2 aliphatic heterocycles. The number of fused-ring (bicyclic) bond motifs is 3. The van der Waals surface area contributed by atoms with Crippen LogP contribution < -0.4 is 21.9 Å². The van der Waals surface area contributed by atoms with Crippen molar-refractivity contribution in [2.24, 2.45) is 16.7 Å². The number of rotatable bonds is 12. The minimum Gasteiger partial charge on any atom is -0.478 e. The van der Waals surface area contributed by atoms with Gasteiger partial charge in [-0.05, 0) is 56.2 Å². The molecule has 4 heterocycles. The van der Waals surface area contributed by atoms with Gasteiger partial charge in [0.05, 0.1) is 48.8 Å². The molecule has 1 saturated carbocycles. The van der Waals surface area contributed by atoms with Gasteiger partial charge in [0.15, 0.2) is 16.9 Å². The number of ketones is 1. The number of aromatic carboxylic acids is 1. The van der Waals surface area contributed by atoms with Gasteiger partial charge in [0.1, 0.15) is 24.4 Å². The standard InChI is InChI=1S/C42H43N7O11/c1-20-11-12-41(18-57-22(3)50)30(13-20)59-33-32(21(2)40(41,4)42(33)19-58-42)60-38(56)27-10-7-24(14-28(27)37(54)55)29(51)17-46-35(52)23-5-8-25(9-6-23)44-15-26-16-45-34-31(47-26)36(53)49-39(43)48-34/h5-10,13-14,16,21,30,32-33,44H,11-12,15,17-19H2,1-4H3,(H,46,52)(H,54,55)(H3,43,45,48,49,53)/t21-,30-,32-,33-,40-,41-,42+/m1/s1. The van der Waals surface area contributed by atoms with Crippen molar-refractivity contribution >= 4 is 52.4 Å². The number of aromatic nitrogens is 4. The molecular weight excluding hydrogens is 778 g/mol. The number of epoxide rings is 1. The monoisotopic (exact) mass is 821 g/mol. The zero-order valence-corrected chi connectivity index (χ0v) is 33.2. The average Bonchev–Trinajstić information content (AvgIpc) is 4.02. The highest BCUT2D eigenvalue weighted by molar-refractivity contribution is 6.07. The molecule has 3 fully saturated rings. The topological polar surface area (TPSA) is 267 Å². The van der Waals surface area contributed by atoms with Gasteiger partial charge in [0.25, 0.3) is 11.5 Å². The Kier molecular flexibility index (Phi) is 10.0. The Labute approximate surface area is 342 Å². The quantitative estimate of drug-likeness (QED) is 0.0594. The summed E-state index contributed by atoms with van der Waals surface area (Å²) in [6.45, 7) is 7.64. The van der Waals surface area contributed by atoms with Crippen molar-refractivity contribution in [1.29, 1.82) is 0 Å². The molecule has 2 bridgehead atoms. The number of nitrogens with zero attached hydrogens (tertiary/aromatic N) is 3. The van der Waals surface area contributed by atoms with Crippen LogP contribution in [-0.4, -0.2) is 98.3 Å². The van der Waals surface area contributed by atoms with Gasteiger partial charge in [0, 0.05) is 40.5 Å². The molecule has 18 nitrogen and oxygen atoms in total. The largest absolute Gasteiger partial charge is 0.478 e. The van der Waals surface area contributed by atoms with Crippen molar-refractivity contribution in [1.82, 2.24) is 25.3 Å². The Morgan fingerprint density at radius 3 is 2.50 bits per heavy atom. The number of carbonyl (C=O) groups is 5. The number of nitrogen functional groups attached to an aromatic ring is 1. The van der Waals surface area contributed by atoms with Crippen LogP contribution in [0.25, 0.3) is 11.2 Å². The molecule has 1 amide bonds. The number of hydrogen-bond donors (Lipinski definition) is 5. The highest BCUT2D eigenvalue weighted by atomic mass is 16.7. The van der Waals surface area contributed by atoms with Crippen LogP contribution in [0.3, 0.4) is 0 Å². The maximum absolute atomic E-state index is 13.9. The van der Waals surface area contributed by atoms with E-state index in [2.05, 4.69) is 37.5 Å². The van der Waals surface area contributed by atoms with E-state index in [4.69, 9.17) is 24.7 Å². The van der Waals surface area contributed by atoms with Gasteiger partial charge < -0.3 is 40.4 Å². The number of Topliss-reactive ketones (excluding diaryl/α,β-unsaturated/α-hetero) is 1. The van der Waals surface area contributed by atoms with Gasteiger partial charge in [-0.15, -0.1) is 0 Å². The molecule has 1 spiro atoms. The molecular formula is C42H43N7O11. The third kappa shape index (κ3) is 6.64. The number of nitrogens with two attached hydrogens (primary N) is 1. The van der Waals surface area contributed by atoms with Crippen LogP contribution in [0.5, 0.6) is 0 Å². The third-order valence-electron chi connectivity index (χ3n) is 12.9. The normalized spacial score (nSPS) is 27.4. The number of anilines is 2. The lowest BCUT2D eigenvalue weighted by atomic mass is 9.50. The molecule has 6 N–H and O–H groups in total. The maximum Gasteiger partial charge on any atom is 0.339 e. The van der Waals surface area contributed by atoms with Crippen LogP contribution in [0.1, 0.15) is 87.7 Å². The van der Waals surface area contributed by atoms with Crippen LogP contribution in [0.15, 0.2) is 65.1 Å². The fourth-order valence-electron chi connectivity index (χ4n) is 9.40. The van der Waals surface area contributed by atoms with E-state index < -0.39 is 82.0 Å². The van der Waals surface area contributed by atoms with Gasteiger partial charge in [-0.1, -0.05) is 31.6 Å². The highest BCUT2D eigenvalue weighted by Gasteiger charge is 2.84. The van der Waals surface area contributed by atoms with Gasteiger partial charge >= 0.3 is 17.9 Å². The van der Waals surface area contributed by atoms with E-state index >= 15 is 0 Å². The van der Waals surface area contributed by atoms with Gasteiger partial charge in [-0.2, -0.15) is 4.98 Å². The summed E-state index contributed by atoms with van der Waals surface area (Å²) in [5.74, 6) is -4.32. The van der Waals surface area contributed by atoms with Gasteiger partial charge in [-0.25, -0.2) is 19.6 Å². The van der Waals surface area contributed by atoms with Gasteiger partial charge in [0.2, 0.25) is 5.95 Å². The first-order chi connectivity index (χ1) is 28.6. The fraction of sp³-hybridized carbons (Fsp3) is 0.405. The molecule has 0 unspecified atom stereocenters. The van der Waals surface area contributed by atoms with E-state index in [9.17, 15) is 33.9 Å². The number of H-pyrrole nitrogens is 1. The summed E-state index contributed by atoms with van der Waals surface area (Å²) in [4.78, 5) is 91.5. The van der Waals surface area contributed by atoms with Crippen molar-refractivity contribution in [3.05, 3.63) is 98.6 Å². The molecule has 4 aliphatic rings. The Balaban J connectivity index is 0.915. The van der Waals surface area contributed by atoms with Crippen molar-refractivity contribution < 1.29 is 48.0 Å². The molecule has 8 rings (SSSR count). The maximum atomic E-state index is 13.9. The second-order valence-corrected chi connectivity index (χ2v) is 16.1. The van der Waals surface area contributed by atoms with E-state index in [-0.39, 0.29) is 52.9 Å². The number of allylic oxidation sites excluding steroid dienone is 1. The summed E-state index contributed by atoms with van der Waals surface area (Å²) >= 11 is 0. The number of nitrogens with one attached hydrogen (secondary N) is 3. The summed E-state index contributed by atoms with van der Waals surface area (Å²) in [6, 6.07) is 10.0. The summed E-state index contributed by atoms with van der Waals surface area (Å²) < 4.78 is 24.7. The molecule has 2 aromatic heterocycles. The van der Waals surface area contributed by atoms with E-state index in [0.717, 1.165) is 18.1 Å². The zero-order chi connectivity index (χ0) is 42.7. The van der Waals surface area contributed by atoms with Crippen molar-refractivity contribution in [2.75, 3.05) is 30.8 Å². The Morgan fingerprint density at radius 2 is 1.80 bits per heavy atom. The second-order valence-electron chi connectivity index (χ2n) is 16.1. The Morgan fingerprint density at radius 1 is 1.07 bits per heavy atom. The van der Waals surface area contributed by atoms with Gasteiger partial charge in [-0.3, -0.25) is 24.2 Å². The predicted octanol–water partition coefficient (Wildman–Crippen LogP) is 3.23. The first kappa shape index (κ1) is 40.3. The fourth-order valence-corrected chi connectivity index (χ4v) is 9.40. The lowest BCUT2D eigenvalue weighted by Crippen LogP contribution is -2.65. The lowest BCUT2D eigenvalue weighted by molar-refractivity contribution is -0.225. The smallest absolute Gasteiger partial charge is 0.339 e. The lowest BCUT2D eigenvalue weighted by Gasteiger charge is -2.58. The summed E-state index contributed by atoms with van der Waals surface area (Å²) in [5.41, 5.74) is 4.85. The molecule has 18 heteroatoms. The van der Waals surface area contributed by atoms with Crippen LogP contribution in [0, 0.1) is 16.7 Å². The number of carbonyl (C=O) groups excluding carboxylic acids is 4. The number of esters is 2. The molecule has 2 aliphatic carbocycles. The van der Waals surface area contributed by atoms with Crippen LogP contribution in [-0.2, 0) is 30.3 Å². The van der Waals surface area contributed by atoms with Crippen molar-refractivity contribution in [3.8, 4) is 0 Å². The molecule has 312 valence electrons. The summed E-state index contributed by atoms with van der Waals surface area (Å²) in [7, 11) is 0. The van der Waals surface area contributed by atoms with Crippen LogP contribution in [0.2, 0.25) is 0 Å². The zero-order valence-electron chi connectivity index (χ0n) is 33.2. The first-order valence-corrected chi connectivity index (χ1v) is 19.4. The summed E-state index contributed by atoms with van der Waals surface area (Å²) in [5, 5.41) is 15.8. The molecule has 4 aromatic rings. The number of hydrogen-bond acceptors (Lipinski definition) is 15. The molecule has 7 atom stereocenters. The third-order valence-corrected chi connectivity index (χ3v) is 12.9. The summed E-state index contributed by atoms with van der Waals surface area (Å²) in [6.07, 6.45) is 3.02. The SMILES string of the molecule is CC(=O)OC[C@]12CCC(C)=C[C@H]1O[C@@H]1[C@H](OC(=O)c3ccc(C(=O)CNC(=O)c4ccc(NCc5cnc6nc(N)[nH]c(=O)c6n5)cc4)cc3C(=O)O)[C@@H](C)[C@@]2(C)[C@]12CO2. The number of carboxylic acids is 1. The highest BCUT2D eigenvalue weighted by Crippen LogP contribution is 2.73. The predicted molar refractivity (Wildman–Crippen MR) is 212 cm³/mol. The van der Waals surface area contributed by atoms with Crippen molar-refractivity contribution in [2.45, 2.75) is 71.0 Å².